The second-order valence-electron chi connectivity index (χ2n) is 8.04. The van der Waals surface area contributed by atoms with E-state index in [1.165, 1.54) is 30.5 Å². The second kappa shape index (κ2) is 8.31. The first-order valence-corrected chi connectivity index (χ1v) is 11.7. The quantitative estimate of drug-likeness (QED) is 0.237. The Morgan fingerprint density at radius 1 is 1.11 bits per heavy atom. The number of fused-ring (bicyclic) bond motifs is 2. The van der Waals surface area contributed by atoms with E-state index in [-0.39, 0.29) is 24.1 Å². The maximum atomic E-state index is 13.3. The number of aromatic amines is 1. The molecular weight excluding hydrogens is 486 g/mol. The van der Waals surface area contributed by atoms with E-state index in [2.05, 4.69) is 9.97 Å². The predicted molar refractivity (Wildman–Crippen MR) is 131 cm³/mol. The summed E-state index contributed by atoms with van der Waals surface area (Å²) in [5.41, 5.74) is 1.39. The van der Waals surface area contributed by atoms with Gasteiger partial charge in [0.1, 0.15) is 11.8 Å². The van der Waals surface area contributed by atoms with Crippen molar-refractivity contribution in [1.82, 2.24) is 9.97 Å². The number of aromatic nitrogens is 2. The van der Waals surface area contributed by atoms with Crippen molar-refractivity contribution in [1.29, 1.82) is 0 Å². The molecule has 182 valence electrons. The highest BCUT2D eigenvalue weighted by Crippen LogP contribution is 2.44. The van der Waals surface area contributed by atoms with Gasteiger partial charge in [-0.15, -0.1) is 11.3 Å². The molecule has 0 saturated carbocycles. The van der Waals surface area contributed by atoms with Crippen LogP contribution in [0.2, 0.25) is 0 Å². The molecular formula is C25H19N3O7S. The zero-order valence-electron chi connectivity index (χ0n) is 19.1. The largest absolute Gasteiger partial charge is 0.507 e. The molecule has 6 rings (SSSR count). The van der Waals surface area contributed by atoms with Crippen molar-refractivity contribution in [2.45, 2.75) is 6.04 Å². The number of anilines is 1. The van der Waals surface area contributed by atoms with Crippen LogP contribution in [0, 0.1) is 0 Å². The van der Waals surface area contributed by atoms with Crippen molar-refractivity contribution in [3.8, 4) is 23.0 Å². The van der Waals surface area contributed by atoms with Crippen LogP contribution < -0.4 is 23.8 Å². The summed E-state index contributed by atoms with van der Waals surface area (Å²) in [7, 11) is 3.04. The van der Waals surface area contributed by atoms with Crippen molar-refractivity contribution >= 4 is 45.8 Å². The molecule has 2 aliphatic heterocycles. The summed E-state index contributed by atoms with van der Waals surface area (Å²) >= 11 is 1.36. The fraction of sp³-hybridized carbons (Fsp3) is 0.160. The van der Waals surface area contributed by atoms with Gasteiger partial charge in [-0.1, -0.05) is 6.07 Å². The highest BCUT2D eigenvalue weighted by molar-refractivity contribution is 7.10. The third kappa shape index (κ3) is 3.28. The average Bonchev–Trinajstić information content (AvgIpc) is 3.68. The lowest BCUT2D eigenvalue weighted by Gasteiger charge is -2.21. The number of benzene rings is 2. The smallest absolute Gasteiger partial charge is 0.302 e. The Kier molecular flexibility index (Phi) is 5.07. The molecule has 4 heterocycles. The Balaban J connectivity index is 1.51. The fourth-order valence-electron chi connectivity index (χ4n) is 4.40. The van der Waals surface area contributed by atoms with E-state index in [1.807, 2.05) is 11.4 Å². The van der Waals surface area contributed by atoms with E-state index in [1.54, 1.807) is 36.4 Å². The van der Waals surface area contributed by atoms with Crippen molar-refractivity contribution in [2.75, 3.05) is 25.9 Å². The minimum Gasteiger partial charge on any atom is -0.507 e. The van der Waals surface area contributed by atoms with Crippen LogP contribution in [0.5, 0.6) is 23.0 Å². The Hall–Kier alpha value is -4.51. The number of carbonyl (C=O) groups is 2. The van der Waals surface area contributed by atoms with Gasteiger partial charge in [-0.2, -0.15) is 0 Å². The van der Waals surface area contributed by atoms with Crippen LogP contribution in [0.3, 0.4) is 0 Å². The van der Waals surface area contributed by atoms with E-state index < -0.39 is 17.7 Å². The van der Waals surface area contributed by atoms with Gasteiger partial charge in [-0.05, 0) is 29.6 Å². The number of hydrogen-bond donors (Lipinski definition) is 2. The number of methoxy groups -OCH3 is 2. The second-order valence-corrected chi connectivity index (χ2v) is 9.02. The highest BCUT2D eigenvalue weighted by atomic mass is 32.1. The molecule has 0 spiro atoms. The Morgan fingerprint density at radius 2 is 1.89 bits per heavy atom. The van der Waals surface area contributed by atoms with Crippen LogP contribution in [-0.4, -0.2) is 47.8 Å². The average molecular weight is 506 g/mol. The number of amides is 1. The van der Waals surface area contributed by atoms with Crippen LogP contribution in [0.15, 0.2) is 53.4 Å². The van der Waals surface area contributed by atoms with Crippen molar-refractivity contribution in [2.24, 2.45) is 0 Å². The summed E-state index contributed by atoms with van der Waals surface area (Å²) in [6, 6.07) is 10.9. The van der Waals surface area contributed by atoms with Crippen LogP contribution >= 0.6 is 11.3 Å². The van der Waals surface area contributed by atoms with E-state index in [4.69, 9.17) is 18.9 Å². The Morgan fingerprint density at radius 3 is 2.64 bits per heavy atom. The third-order valence-corrected chi connectivity index (χ3v) is 7.03. The fourth-order valence-corrected chi connectivity index (χ4v) is 5.23. The van der Waals surface area contributed by atoms with E-state index in [0.717, 1.165) is 0 Å². The number of aliphatic hydroxyl groups excluding tert-OH is 1. The monoisotopic (exact) mass is 505 g/mol. The molecule has 2 aliphatic rings. The molecule has 1 saturated heterocycles. The lowest BCUT2D eigenvalue weighted by molar-refractivity contribution is -0.132. The zero-order valence-corrected chi connectivity index (χ0v) is 19.9. The van der Waals surface area contributed by atoms with Gasteiger partial charge in [0.25, 0.3) is 5.78 Å². The molecule has 2 N–H and O–H groups in total. The van der Waals surface area contributed by atoms with Crippen LogP contribution in [0.4, 0.5) is 5.95 Å². The number of carbonyl (C=O) groups excluding carboxylic acids is 2. The lowest BCUT2D eigenvalue weighted by atomic mass is 9.99. The van der Waals surface area contributed by atoms with E-state index in [0.29, 0.717) is 44.5 Å². The van der Waals surface area contributed by atoms with Gasteiger partial charge in [0.15, 0.2) is 23.0 Å². The van der Waals surface area contributed by atoms with Crippen molar-refractivity contribution in [3.63, 3.8) is 0 Å². The Labute approximate surface area is 208 Å². The number of nitrogens with zero attached hydrogens (tertiary/aromatic N) is 2. The van der Waals surface area contributed by atoms with Gasteiger partial charge < -0.3 is 29.0 Å². The van der Waals surface area contributed by atoms with Gasteiger partial charge >= 0.3 is 5.91 Å². The molecule has 1 fully saturated rings. The van der Waals surface area contributed by atoms with E-state index >= 15 is 0 Å². The number of hydrogen-bond acceptors (Lipinski definition) is 9. The van der Waals surface area contributed by atoms with Gasteiger partial charge in [0.2, 0.25) is 12.7 Å². The standard InChI is InChI=1S/C25H19N3O7S/c1-32-16-9-13-14(10-17(16)33-2)27-25(26-13)28-21(19-4-3-7-36-19)20(23(30)24(28)31)22(29)12-5-6-15-18(8-12)35-11-34-15/h3-10,21,29H,11H2,1-2H3,(H,26,27)/b22-20+. The number of thiophene rings is 1. The molecule has 0 aliphatic carbocycles. The molecule has 4 aromatic rings. The molecule has 10 nitrogen and oxygen atoms in total. The van der Waals surface area contributed by atoms with E-state index in [9.17, 15) is 14.7 Å². The Bertz CT molecular complexity index is 1520. The van der Waals surface area contributed by atoms with Gasteiger partial charge in [-0.3, -0.25) is 14.5 Å². The lowest BCUT2D eigenvalue weighted by Crippen LogP contribution is -2.30. The SMILES string of the molecule is COc1cc2nc(N3C(=O)C(=O)/C(=C(/O)c4ccc5c(c4)OCO5)C3c3cccs3)[nH]c2cc1OC. The minimum absolute atomic E-state index is 0.0445. The predicted octanol–water partition coefficient (Wildman–Crippen LogP) is 4.00. The maximum Gasteiger partial charge on any atom is 0.302 e. The zero-order chi connectivity index (χ0) is 25.0. The summed E-state index contributed by atoms with van der Waals surface area (Å²) in [5, 5.41) is 13.1. The van der Waals surface area contributed by atoms with Gasteiger partial charge in [-0.25, -0.2) is 4.98 Å². The number of imidazole rings is 1. The first-order chi connectivity index (χ1) is 17.5. The summed E-state index contributed by atoms with van der Waals surface area (Å²) < 4.78 is 21.5. The molecule has 0 bridgehead atoms. The normalized spacial score (nSPS) is 18.3. The number of Topliss-reactive ketones (excluding diaryl/α,β-unsaturated/α-hetero) is 1. The van der Waals surface area contributed by atoms with Crippen LogP contribution in [0.25, 0.3) is 16.8 Å². The molecule has 2 aromatic heterocycles. The summed E-state index contributed by atoms with van der Waals surface area (Å²) in [5.74, 6) is 0.157. The molecule has 36 heavy (non-hydrogen) atoms. The topological polar surface area (TPSA) is 123 Å². The highest BCUT2D eigenvalue weighted by Gasteiger charge is 2.48. The molecule has 11 heteroatoms. The summed E-state index contributed by atoms with van der Waals surface area (Å²) in [6.07, 6.45) is 0. The summed E-state index contributed by atoms with van der Waals surface area (Å²) in [6.45, 7) is 0.0702. The van der Waals surface area contributed by atoms with Crippen LogP contribution in [-0.2, 0) is 9.59 Å². The molecule has 1 amide bonds. The number of aliphatic hydroxyl groups is 1. The first-order valence-electron chi connectivity index (χ1n) is 10.9. The number of ketones is 1. The summed E-state index contributed by atoms with van der Waals surface area (Å²) in [4.78, 5) is 36.3. The number of H-pyrrole nitrogens is 1. The molecule has 1 atom stereocenters. The van der Waals surface area contributed by atoms with Crippen molar-refractivity contribution < 1.29 is 33.6 Å². The van der Waals surface area contributed by atoms with Gasteiger partial charge in [0.05, 0.1) is 30.8 Å². The number of rotatable bonds is 5. The van der Waals surface area contributed by atoms with Gasteiger partial charge in [0, 0.05) is 22.6 Å². The maximum absolute atomic E-state index is 13.3. The first kappa shape index (κ1) is 22.0. The van der Waals surface area contributed by atoms with Crippen molar-refractivity contribution in [3.05, 3.63) is 63.9 Å². The van der Waals surface area contributed by atoms with Crippen LogP contribution in [0.1, 0.15) is 16.5 Å². The minimum atomic E-state index is -0.889. The third-order valence-electron chi connectivity index (χ3n) is 6.11. The number of nitrogens with one attached hydrogen (secondary N) is 1. The molecule has 1 unspecified atom stereocenters. The number of ether oxygens (including phenoxy) is 4. The molecule has 2 aromatic carbocycles. The molecule has 0 radical (unpaired) electrons.